The van der Waals surface area contributed by atoms with E-state index < -0.39 is 23.4 Å². The van der Waals surface area contributed by atoms with E-state index in [9.17, 15) is 22.0 Å². The van der Waals surface area contributed by atoms with Gasteiger partial charge in [0.1, 0.15) is 0 Å². The maximum absolute atomic E-state index is 13.0. The Balaban J connectivity index is 2.22. The largest absolute Gasteiger partial charge is 0.416 e. The van der Waals surface area contributed by atoms with Crippen molar-refractivity contribution >= 4 is 17.4 Å². The van der Waals surface area contributed by atoms with Gasteiger partial charge in [-0.15, -0.1) is 11.8 Å². The van der Waals surface area contributed by atoms with Crippen LogP contribution in [0.3, 0.4) is 0 Å². The summed E-state index contributed by atoms with van der Waals surface area (Å²) in [6, 6.07) is 6.71. The minimum absolute atomic E-state index is 0.0175. The SMILES string of the molecule is Nc1ccc(CSc2ccc(F)c(F)c2)c(C(F)(F)F)c1. The molecule has 0 saturated heterocycles. The summed E-state index contributed by atoms with van der Waals surface area (Å²) >= 11 is 0.985. The lowest BCUT2D eigenvalue weighted by Crippen LogP contribution is -2.09. The Kier molecular flexibility index (Phi) is 4.41. The smallest absolute Gasteiger partial charge is 0.399 e. The molecule has 0 atom stereocenters. The van der Waals surface area contributed by atoms with E-state index in [1.54, 1.807) is 0 Å². The molecule has 0 spiro atoms. The molecule has 21 heavy (non-hydrogen) atoms. The summed E-state index contributed by atoms with van der Waals surface area (Å²) in [5.41, 5.74) is 4.60. The average Bonchev–Trinajstić information content (AvgIpc) is 2.40. The number of nitrogen functional groups attached to an aromatic ring is 1. The molecule has 2 aromatic carbocycles. The predicted octanol–water partition coefficient (Wildman–Crippen LogP) is 4.86. The molecule has 1 nitrogen and oxygen atoms in total. The van der Waals surface area contributed by atoms with Crippen LogP contribution in [0.5, 0.6) is 0 Å². The molecular weight excluding hydrogens is 309 g/mol. The number of benzene rings is 2. The zero-order valence-electron chi connectivity index (χ0n) is 10.5. The Morgan fingerprint density at radius 2 is 1.67 bits per heavy atom. The Morgan fingerprint density at radius 3 is 2.29 bits per heavy atom. The first-order valence-corrected chi connectivity index (χ1v) is 6.79. The molecule has 0 aliphatic heterocycles. The topological polar surface area (TPSA) is 26.0 Å². The van der Waals surface area contributed by atoms with E-state index in [0.29, 0.717) is 4.90 Å². The molecule has 0 radical (unpaired) electrons. The van der Waals surface area contributed by atoms with Crippen molar-refractivity contribution < 1.29 is 22.0 Å². The van der Waals surface area contributed by atoms with Crippen molar-refractivity contribution in [2.75, 3.05) is 5.73 Å². The van der Waals surface area contributed by atoms with Gasteiger partial charge in [0.25, 0.3) is 0 Å². The number of anilines is 1. The van der Waals surface area contributed by atoms with Gasteiger partial charge in [-0.25, -0.2) is 8.78 Å². The van der Waals surface area contributed by atoms with Gasteiger partial charge in [0, 0.05) is 16.3 Å². The summed E-state index contributed by atoms with van der Waals surface area (Å²) in [6.07, 6.45) is -4.51. The third kappa shape index (κ3) is 3.87. The Bertz CT molecular complexity index is 654. The van der Waals surface area contributed by atoms with Crippen molar-refractivity contribution in [3.8, 4) is 0 Å². The molecular formula is C14H10F5NS. The van der Waals surface area contributed by atoms with Gasteiger partial charge >= 0.3 is 6.18 Å². The highest BCUT2D eigenvalue weighted by Gasteiger charge is 2.33. The first-order chi connectivity index (χ1) is 9.77. The monoisotopic (exact) mass is 319 g/mol. The molecule has 2 aromatic rings. The van der Waals surface area contributed by atoms with Crippen LogP contribution in [0.2, 0.25) is 0 Å². The molecule has 0 bridgehead atoms. The standard InChI is InChI=1S/C14H10F5NS/c15-12-4-3-10(6-13(12)16)21-7-8-1-2-9(20)5-11(8)14(17,18)19/h1-6H,7,20H2. The molecule has 7 heteroatoms. The van der Waals surface area contributed by atoms with E-state index in [0.717, 1.165) is 30.0 Å². The second-order valence-corrected chi connectivity index (χ2v) is 5.33. The molecule has 0 saturated carbocycles. The van der Waals surface area contributed by atoms with Crippen LogP contribution in [0.1, 0.15) is 11.1 Å². The third-order valence-electron chi connectivity index (χ3n) is 2.72. The predicted molar refractivity (Wildman–Crippen MR) is 71.8 cm³/mol. The van der Waals surface area contributed by atoms with Crippen LogP contribution in [0, 0.1) is 11.6 Å². The average molecular weight is 319 g/mol. The van der Waals surface area contributed by atoms with Crippen LogP contribution in [0.4, 0.5) is 27.6 Å². The molecule has 2 N–H and O–H groups in total. The van der Waals surface area contributed by atoms with Gasteiger partial charge in [0.2, 0.25) is 0 Å². The lowest BCUT2D eigenvalue weighted by atomic mass is 10.1. The Hall–Kier alpha value is -1.76. The van der Waals surface area contributed by atoms with Crippen LogP contribution < -0.4 is 5.73 Å². The van der Waals surface area contributed by atoms with Crippen molar-refractivity contribution in [2.24, 2.45) is 0 Å². The van der Waals surface area contributed by atoms with Gasteiger partial charge in [-0.1, -0.05) is 6.07 Å². The van der Waals surface area contributed by atoms with Gasteiger partial charge in [-0.2, -0.15) is 13.2 Å². The summed E-state index contributed by atoms with van der Waals surface area (Å²) in [6.45, 7) is 0. The Labute approximate surface area is 122 Å². The highest BCUT2D eigenvalue weighted by molar-refractivity contribution is 7.98. The van der Waals surface area contributed by atoms with Crippen molar-refractivity contribution in [3.05, 3.63) is 59.2 Å². The molecule has 0 heterocycles. The van der Waals surface area contributed by atoms with Gasteiger partial charge in [-0.3, -0.25) is 0 Å². The van der Waals surface area contributed by atoms with Crippen molar-refractivity contribution in [2.45, 2.75) is 16.8 Å². The number of nitrogens with two attached hydrogens (primary N) is 1. The zero-order chi connectivity index (χ0) is 15.6. The lowest BCUT2D eigenvalue weighted by molar-refractivity contribution is -0.138. The third-order valence-corrected chi connectivity index (χ3v) is 3.77. The molecule has 0 aliphatic rings. The van der Waals surface area contributed by atoms with Crippen molar-refractivity contribution in [3.63, 3.8) is 0 Å². The van der Waals surface area contributed by atoms with Crippen molar-refractivity contribution in [1.82, 2.24) is 0 Å². The molecule has 0 fully saturated rings. The van der Waals surface area contributed by atoms with E-state index in [4.69, 9.17) is 5.73 Å². The van der Waals surface area contributed by atoms with E-state index in [1.165, 1.54) is 18.2 Å². The molecule has 0 aliphatic carbocycles. The summed E-state index contributed by atoms with van der Waals surface area (Å²) < 4.78 is 64.5. The number of hydrogen-bond acceptors (Lipinski definition) is 2. The quantitative estimate of drug-likeness (QED) is 0.497. The minimum Gasteiger partial charge on any atom is -0.399 e. The lowest BCUT2D eigenvalue weighted by Gasteiger charge is -2.13. The highest BCUT2D eigenvalue weighted by Crippen LogP contribution is 2.36. The fourth-order valence-electron chi connectivity index (χ4n) is 1.71. The van der Waals surface area contributed by atoms with E-state index in [1.807, 2.05) is 0 Å². The van der Waals surface area contributed by atoms with E-state index >= 15 is 0 Å². The normalized spacial score (nSPS) is 11.7. The van der Waals surface area contributed by atoms with Gasteiger partial charge in [-0.05, 0) is 35.9 Å². The first-order valence-electron chi connectivity index (χ1n) is 5.81. The number of hydrogen-bond donors (Lipinski definition) is 1. The summed E-state index contributed by atoms with van der Waals surface area (Å²) in [4.78, 5) is 0.346. The molecule has 112 valence electrons. The van der Waals surface area contributed by atoms with Crippen LogP contribution in [-0.4, -0.2) is 0 Å². The Morgan fingerprint density at radius 1 is 0.952 bits per heavy atom. The maximum atomic E-state index is 13.0. The number of alkyl halides is 3. The molecule has 0 unspecified atom stereocenters. The zero-order valence-corrected chi connectivity index (χ0v) is 11.4. The van der Waals surface area contributed by atoms with E-state index in [-0.39, 0.29) is 17.0 Å². The van der Waals surface area contributed by atoms with Crippen LogP contribution in [0.25, 0.3) is 0 Å². The number of thioether (sulfide) groups is 1. The molecule has 0 aromatic heterocycles. The highest BCUT2D eigenvalue weighted by atomic mass is 32.2. The minimum atomic E-state index is -4.51. The number of rotatable bonds is 3. The fraction of sp³-hybridized carbons (Fsp3) is 0.143. The molecule has 2 rings (SSSR count). The van der Waals surface area contributed by atoms with Gasteiger partial charge in [0.05, 0.1) is 5.56 Å². The second kappa shape index (κ2) is 5.93. The fourth-order valence-corrected chi connectivity index (χ4v) is 2.64. The number of halogens is 5. The summed E-state index contributed by atoms with van der Waals surface area (Å²) in [7, 11) is 0. The molecule has 0 amide bonds. The van der Waals surface area contributed by atoms with Gasteiger partial charge < -0.3 is 5.73 Å². The van der Waals surface area contributed by atoms with Crippen molar-refractivity contribution in [1.29, 1.82) is 0 Å². The summed E-state index contributed by atoms with van der Waals surface area (Å²) in [5.74, 6) is -2.06. The van der Waals surface area contributed by atoms with Gasteiger partial charge in [0.15, 0.2) is 11.6 Å². The van der Waals surface area contributed by atoms with Crippen LogP contribution in [0.15, 0.2) is 41.3 Å². The summed E-state index contributed by atoms with van der Waals surface area (Å²) in [5, 5.41) is 0. The maximum Gasteiger partial charge on any atom is 0.416 e. The first kappa shape index (κ1) is 15.6. The second-order valence-electron chi connectivity index (χ2n) is 4.28. The van der Waals surface area contributed by atoms with E-state index in [2.05, 4.69) is 0 Å². The van der Waals surface area contributed by atoms with Crippen LogP contribution >= 0.6 is 11.8 Å². The van der Waals surface area contributed by atoms with Crippen LogP contribution in [-0.2, 0) is 11.9 Å².